The molecule has 0 atom stereocenters. The number of ether oxygens (including phenoxy) is 2. The van der Waals surface area contributed by atoms with Crippen molar-refractivity contribution in [1.82, 2.24) is 0 Å². The number of carbonyl (C=O) groups excluding carboxylic acids is 1. The summed E-state index contributed by atoms with van der Waals surface area (Å²) in [5.74, 6) is -1.05. The summed E-state index contributed by atoms with van der Waals surface area (Å²) in [7, 11) is 0. The van der Waals surface area contributed by atoms with E-state index in [1.165, 1.54) is 18.2 Å². The smallest absolute Gasteiger partial charge is 0.478 e. The lowest BCUT2D eigenvalue weighted by Gasteiger charge is -2.06. The molecule has 5 nitrogen and oxygen atoms in total. The molecule has 1 rings (SSSR count). The van der Waals surface area contributed by atoms with Gasteiger partial charge in [-0.2, -0.15) is 0 Å². The van der Waals surface area contributed by atoms with E-state index in [1.807, 2.05) is 0 Å². The fraction of sp³-hybridized carbons (Fsp3) is 0.200. The predicted octanol–water partition coefficient (Wildman–Crippen LogP) is 2.57. The van der Waals surface area contributed by atoms with Gasteiger partial charge in [-0.3, -0.25) is 0 Å². The zero-order valence-corrected chi connectivity index (χ0v) is 9.15. The van der Waals surface area contributed by atoms with Crippen LogP contribution in [0.4, 0.5) is 4.79 Å². The van der Waals surface area contributed by atoms with Crippen molar-refractivity contribution in [3.05, 3.63) is 28.8 Å². The summed E-state index contributed by atoms with van der Waals surface area (Å²) in [6, 6.07) is 3.77. The van der Waals surface area contributed by atoms with E-state index in [0.717, 1.165) is 0 Å². The molecule has 0 saturated carbocycles. The second-order valence-corrected chi connectivity index (χ2v) is 3.14. The Morgan fingerprint density at radius 2 is 2.12 bits per heavy atom. The molecule has 6 heteroatoms. The highest BCUT2D eigenvalue weighted by molar-refractivity contribution is 6.32. The number of carboxylic acids is 1. The highest BCUT2D eigenvalue weighted by atomic mass is 35.5. The Morgan fingerprint density at radius 3 is 2.62 bits per heavy atom. The number of aromatic carboxylic acids is 1. The van der Waals surface area contributed by atoms with E-state index in [1.54, 1.807) is 6.92 Å². The maximum Gasteiger partial charge on any atom is 0.513 e. The summed E-state index contributed by atoms with van der Waals surface area (Å²) in [4.78, 5) is 21.6. The van der Waals surface area contributed by atoms with E-state index in [4.69, 9.17) is 21.4 Å². The van der Waals surface area contributed by atoms with Gasteiger partial charge in [0.1, 0.15) is 0 Å². The standard InChI is InChI=1S/C10H9ClO5/c1-2-15-10(14)16-8-4-3-6(9(12)13)5-7(8)11/h3-5H,2H2,1H3,(H,12,13). The van der Waals surface area contributed by atoms with Gasteiger partial charge in [-0.15, -0.1) is 0 Å². The first-order chi connectivity index (χ1) is 7.54. The number of halogens is 1. The first-order valence-corrected chi connectivity index (χ1v) is 4.79. The average molecular weight is 245 g/mol. The molecular weight excluding hydrogens is 236 g/mol. The zero-order chi connectivity index (χ0) is 12.1. The monoisotopic (exact) mass is 244 g/mol. The van der Waals surface area contributed by atoms with Crippen molar-refractivity contribution in [2.75, 3.05) is 6.61 Å². The van der Waals surface area contributed by atoms with Gasteiger partial charge >= 0.3 is 12.1 Å². The summed E-state index contributed by atoms with van der Waals surface area (Å²) >= 11 is 5.72. The summed E-state index contributed by atoms with van der Waals surface area (Å²) in [6.07, 6.45) is -0.882. The van der Waals surface area contributed by atoms with Crippen LogP contribution in [0.2, 0.25) is 5.02 Å². The van der Waals surface area contributed by atoms with E-state index >= 15 is 0 Å². The molecule has 0 bridgehead atoms. The van der Waals surface area contributed by atoms with Crippen molar-refractivity contribution in [3.63, 3.8) is 0 Å². The second kappa shape index (κ2) is 5.37. The van der Waals surface area contributed by atoms with Gasteiger partial charge in [0.2, 0.25) is 0 Å². The Hall–Kier alpha value is -1.75. The molecule has 0 saturated heterocycles. The number of carboxylic acid groups (broad SMARTS) is 1. The molecule has 0 unspecified atom stereocenters. The quantitative estimate of drug-likeness (QED) is 0.653. The highest BCUT2D eigenvalue weighted by Gasteiger charge is 2.11. The van der Waals surface area contributed by atoms with Crippen molar-refractivity contribution in [1.29, 1.82) is 0 Å². The van der Waals surface area contributed by atoms with Gasteiger partial charge in [-0.25, -0.2) is 9.59 Å². The van der Waals surface area contributed by atoms with E-state index < -0.39 is 12.1 Å². The number of carbonyl (C=O) groups is 2. The molecular formula is C10H9ClO5. The normalized spacial score (nSPS) is 9.62. The Morgan fingerprint density at radius 1 is 1.44 bits per heavy atom. The topological polar surface area (TPSA) is 72.8 Å². The third kappa shape index (κ3) is 3.13. The maximum atomic E-state index is 11.0. The number of rotatable bonds is 3. The van der Waals surface area contributed by atoms with Crippen molar-refractivity contribution in [2.45, 2.75) is 6.92 Å². The Balaban J connectivity index is 2.83. The van der Waals surface area contributed by atoms with E-state index in [0.29, 0.717) is 0 Å². The minimum atomic E-state index is -1.11. The molecule has 16 heavy (non-hydrogen) atoms. The van der Waals surface area contributed by atoms with Gasteiger partial charge in [0, 0.05) is 0 Å². The van der Waals surface area contributed by atoms with Crippen LogP contribution in [0.25, 0.3) is 0 Å². The zero-order valence-electron chi connectivity index (χ0n) is 8.40. The van der Waals surface area contributed by atoms with Crippen molar-refractivity contribution < 1.29 is 24.2 Å². The molecule has 0 heterocycles. The molecule has 1 N–H and O–H groups in total. The molecule has 1 aromatic rings. The third-order valence-electron chi connectivity index (χ3n) is 1.63. The SMILES string of the molecule is CCOC(=O)Oc1ccc(C(=O)O)cc1Cl. The Kier molecular flexibility index (Phi) is 4.13. The summed E-state index contributed by atoms with van der Waals surface area (Å²) in [6.45, 7) is 1.82. The molecule has 0 radical (unpaired) electrons. The highest BCUT2D eigenvalue weighted by Crippen LogP contribution is 2.25. The van der Waals surface area contributed by atoms with Crippen LogP contribution in [0.3, 0.4) is 0 Å². The molecule has 0 aliphatic carbocycles. The molecule has 1 aromatic carbocycles. The van der Waals surface area contributed by atoms with Crippen molar-refractivity contribution in [2.24, 2.45) is 0 Å². The number of hydrogen-bond acceptors (Lipinski definition) is 4. The number of benzene rings is 1. The van der Waals surface area contributed by atoms with Crippen LogP contribution in [0, 0.1) is 0 Å². The van der Waals surface area contributed by atoms with Crippen molar-refractivity contribution >= 4 is 23.7 Å². The van der Waals surface area contributed by atoms with Crippen LogP contribution in [0.1, 0.15) is 17.3 Å². The largest absolute Gasteiger partial charge is 0.513 e. The molecule has 0 aliphatic rings. The average Bonchev–Trinajstić information content (AvgIpc) is 2.21. The van der Waals surface area contributed by atoms with Crippen LogP contribution >= 0.6 is 11.6 Å². The minimum Gasteiger partial charge on any atom is -0.478 e. The number of hydrogen-bond donors (Lipinski definition) is 1. The first-order valence-electron chi connectivity index (χ1n) is 4.42. The first kappa shape index (κ1) is 12.3. The summed E-state index contributed by atoms with van der Waals surface area (Å²) in [5.41, 5.74) is 0.0150. The van der Waals surface area contributed by atoms with E-state index in [9.17, 15) is 9.59 Å². The molecule has 0 aromatic heterocycles. The third-order valence-corrected chi connectivity index (χ3v) is 1.93. The van der Waals surface area contributed by atoms with Gasteiger partial charge in [0.25, 0.3) is 0 Å². The molecule has 0 aliphatic heterocycles. The predicted molar refractivity (Wildman–Crippen MR) is 56.1 cm³/mol. The molecule has 0 spiro atoms. The van der Waals surface area contributed by atoms with Gasteiger partial charge in [-0.1, -0.05) is 11.6 Å². The summed E-state index contributed by atoms with van der Waals surface area (Å²) < 4.78 is 9.28. The molecule has 86 valence electrons. The second-order valence-electron chi connectivity index (χ2n) is 2.74. The van der Waals surface area contributed by atoms with Crippen LogP contribution < -0.4 is 4.74 Å². The van der Waals surface area contributed by atoms with Gasteiger partial charge < -0.3 is 14.6 Å². The maximum absolute atomic E-state index is 11.0. The summed E-state index contributed by atoms with van der Waals surface area (Å²) in [5, 5.41) is 8.71. The van der Waals surface area contributed by atoms with Crippen LogP contribution in [0.15, 0.2) is 18.2 Å². The minimum absolute atomic E-state index is 0.0150. The lowest BCUT2D eigenvalue weighted by atomic mass is 10.2. The van der Waals surface area contributed by atoms with Gasteiger partial charge in [0.05, 0.1) is 17.2 Å². The molecule has 0 fully saturated rings. The van der Waals surface area contributed by atoms with Crippen LogP contribution in [0.5, 0.6) is 5.75 Å². The van der Waals surface area contributed by atoms with E-state index in [-0.39, 0.29) is 22.9 Å². The fourth-order valence-corrected chi connectivity index (χ4v) is 1.17. The lowest BCUT2D eigenvalue weighted by Crippen LogP contribution is -2.10. The lowest BCUT2D eigenvalue weighted by molar-refractivity contribution is 0.0697. The Labute approximate surface area is 96.5 Å². The molecule has 0 amide bonds. The fourth-order valence-electron chi connectivity index (χ4n) is 0.954. The van der Waals surface area contributed by atoms with Crippen molar-refractivity contribution in [3.8, 4) is 5.75 Å². The van der Waals surface area contributed by atoms with Crippen LogP contribution in [-0.2, 0) is 4.74 Å². The Bertz CT molecular complexity index is 416. The van der Waals surface area contributed by atoms with Gasteiger partial charge in [0.15, 0.2) is 5.75 Å². The van der Waals surface area contributed by atoms with Gasteiger partial charge in [-0.05, 0) is 25.1 Å². The van der Waals surface area contributed by atoms with Crippen LogP contribution in [-0.4, -0.2) is 23.8 Å². The van der Waals surface area contributed by atoms with E-state index in [2.05, 4.69) is 4.74 Å².